The highest BCUT2D eigenvalue weighted by Crippen LogP contribution is 2.21. The molecule has 1 aromatic heterocycles. The second-order valence-corrected chi connectivity index (χ2v) is 3.74. The Morgan fingerprint density at radius 1 is 1.40 bits per heavy atom. The Labute approximate surface area is 90.7 Å². The van der Waals surface area contributed by atoms with Crippen LogP contribution in [0.5, 0.6) is 0 Å². The van der Waals surface area contributed by atoms with Crippen molar-refractivity contribution in [2.45, 2.75) is 13.3 Å². The summed E-state index contributed by atoms with van der Waals surface area (Å²) in [6, 6.07) is 4.49. The molecule has 1 aromatic carbocycles. The first kappa shape index (κ1) is 10.2. The van der Waals surface area contributed by atoms with Crippen molar-refractivity contribution in [3.8, 4) is 0 Å². The topological polar surface area (TPSA) is 32.9 Å². The van der Waals surface area contributed by atoms with E-state index in [1.165, 1.54) is 12.1 Å². The quantitative estimate of drug-likeness (QED) is 0.795. The van der Waals surface area contributed by atoms with Crippen molar-refractivity contribution in [3.63, 3.8) is 0 Å². The molecule has 0 saturated heterocycles. The molecule has 2 rings (SSSR count). The molecular formula is C11H9ClFNO. The molecule has 0 aliphatic carbocycles. The summed E-state index contributed by atoms with van der Waals surface area (Å²) in [5, 5.41) is 0.814. The van der Waals surface area contributed by atoms with E-state index in [-0.39, 0.29) is 10.6 Å². The molecule has 2 aromatic rings. The minimum atomic E-state index is -0.524. The first-order valence-electron chi connectivity index (χ1n) is 4.62. The molecule has 15 heavy (non-hydrogen) atoms. The lowest BCUT2D eigenvalue weighted by Gasteiger charge is -2.02. The van der Waals surface area contributed by atoms with Crippen LogP contribution in [-0.4, -0.2) is 4.98 Å². The van der Waals surface area contributed by atoms with Crippen molar-refractivity contribution in [2.75, 3.05) is 0 Å². The summed E-state index contributed by atoms with van der Waals surface area (Å²) >= 11 is 5.66. The molecule has 1 N–H and O–H groups in total. The monoisotopic (exact) mass is 225 g/mol. The second kappa shape index (κ2) is 3.66. The zero-order chi connectivity index (χ0) is 11.0. The van der Waals surface area contributed by atoms with Crippen LogP contribution in [0.15, 0.2) is 23.0 Å². The van der Waals surface area contributed by atoms with Gasteiger partial charge in [0.2, 0.25) is 0 Å². The summed E-state index contributed by atoms with van der Waals surface area (Å²) in [5.41, 5.74) is 0.969. The lowest BCUT2D eigenvalue weighted by Crippen LogP contribution is -2.11. The van der Waals surface area contributed by atoms with E-state index in [9.17, 15) is 9.18 Å². The number of hydrogen-bond acceptors (Lipinski definition) is 1. The highest BCUT2D eigenvalue weighted by Gasteiger charge is 2.05. The Morgan fingerprint density at radius 2 is 2.13 bits per heavy atom. The fourth-order valence-electron chi connectivity index (χ4n) is 1.51. The van der Waals surface area contributed by atoms with Crippen molar-refractivity contribution in [3.05, 3.63) is 45.0 Å². The largest absolute Gasteiger partial charge is 0.322 e. The van der Waals surface area contributed by atoms with Crippen LogP contribution in [0, 0.1) is 5.82 Å². The van der Waals surface area contributed by atoms with Gasteiger partial charge in [-0.3, -0.25) is 4.79 Å². The third-order valence-corrected chi connectivity index (χ3v) is 2.63. The summed E-state index contributed by atoms with van der Waals surface area (Å²) in [6.45, 7) is 1.89. The summed E-state index contributed by atoms with van der Waals surface area (Å²) < 4.78 is 13.1. The molecule has 0 fully saturated rings. The SMILES string of the molecule is CCc1cc2cc(Cl)c(F)cc2[nH]c1=O. The summed E-state index contributed by atoms with van der Waals surface area (Å²) in [4.78, 5) is 14.1. The number of H-pyrrole nitrogens is 1. The van der Waals surface area contributed by atoms with Gasteiger partial charge in [0.05, 0.1) is 10.5 Å². The Hall–Kier alpha value is -1.35. The molecule has 0 amide bonds. The molecule has 0 radical (unpaired) electrons. The molecule has 1 heterocycles. The van der Waals surface area contributed by atoms with Crippen molar-refractivity contribution in [1.82, 2.24) is 4.98 Å². The van der Waals surface area contributed by atoms with E-state index in [4.69, 9.17) is 11.6 Å². The van der Waals surface area contributed by atoms with Gasteiger partial charge in [-0.25, -0.2) is 4.39 Å². The predicted molar refractivity (Wildman–Crippen MR) is 58.9 cm³/mol. The fourth-order valence-corrected chi connectivity index (χ4v) is 1.68. The molecule has 0 bridgehead atoms. The molecule has 78 valence electrons. The summed E-state index contributed by atoms with van der Waals surface area (Å²) in [7, 11) is 0. The number of hydrogen-bond donors (Lipinski definition) is 1. The lowest BCUT2D eigenvalue weighted by atomic mass is 10.1. The van der Waals surface area contributed by atoms with Gasteiger partial charge in [0.15, 0.2) is 0 Å². The van der Waals surface area contributed by atoms with Crippen LogP contribution < -0.4 is 5.56 Å². The van der Waals surface area contributed by atoms with Crippen LogP contribution in [0.2, 0.25) is 5.02 Å². The molecule has 0 atom stereocenters. The highest BCUT2D eigenvalue weighted by atomic mass is 35.5. The van der Waals surface area contributed by atoms with Gasteiger partial charge >= 0.3 is 0 Å². The molecule has 0 spiro atoms. The lowest BCUT2D eigenvalue weighted by molar-refractivity contribution is 0.629. The normalized spacial score (nSPS) is 10.9. The van der Waals surface area contributed by atoms with E-state index in [0.717, 1.165) is 5.39 Å². The maximum absolute atomic E-state index is 13.1. The minimum absolute atomic E-state index is 0.0663. The second-order valence-electron chi connectivity index (χ2n) is 3.33. The fraction of sp³-hybridized carbons (Fsp3) is 0.182. The van der Waals surface area contributed by atoms with Crippen molar-refractivity contribution < 1.29 is 4.39 Å². The number of aryl methyl sites for hydroxylation is 1. The third kappa shape index (κ3) is 1.75. The van der Waals surface area contributed by atoms with Crippen LogP contribution in [0.1, 0.15) is 12.5 Å². The van der Waals surface area contributed by atoms with E-state index in [1.54, 1.807) is 6.07 Å². The predicted octanol–water partition coefficient (Wildman–Crippen LogP) is 2.88. The van der Waals surface area contributed by atoms with Gasteiger partial charge < -0.3 is 4.98 Å². The summed E-state index contributed by atoms with van der Waals surface area (Å²) in [6.07, 6.45) is 0.639. The first-order valence-corrected chi connectivity index (χ1v) is 5.00. The van der Waals surface area contributed by atoms with Gasteiger partial charge in [0.1, 0.15) is 5.82 Å². The Bertz CT molecular complexity index is 577. The standard InChI is InChI=1S/C11H9ClFNO/c1-2-6-3-7-4-8(12)9(13)5-10(7)14-11(6)15/h3-5H,2H2,1H3,(H,14,15). The molecular weight excluding hydrogens is 217 g/mol. The summed E-state index contributed by atoms with van der Waals surface area (Å²) in [5.74, 6) is -0.524. The maximum Gasteiger partial charge on any atom is 0.251 e. The Kier molecular flexibility index (Phi) is 2.49. The molecule has 0 unspecified atom stereocenters. The maximum atomic E-state index is 13.1. The van der Waals surface area contributed by atoms with Gasteiger partial charge in [-0.2, -0.15) is 0 Å². The van der Waals surface area contributed by atoms with Crippen LogP contribution in [0.4, 0.5) is 4.39 Å². The van der Waals surface area contributed by atoms with Gasteiger partial charge in [-0.05, 0) is 24.6 Å². The number of fused-ring (bicyclic) bond motifs is 1. The zero-order valence-corrected chi connectivity index (χ0v) is 8.86. The number of halogens is 2. The number of aromatic amines is 1. The number of aromatic nitrogens is 1. The van der Waals surface area contributed by atoms with E-state index in [0.29, 0.717) is 17.5 Å². The van der Waals surface area contributed by atoms with E-state index in [2.05, 4.69) is 4.98 Å². The average molecular weight is 226 g/mol. The van der Waals surface area contributed by atoms with Crippen LogP contribution in [0.3, 0.4) is 0 Å². The molecule has 4 heteroatoms. The van der Waals surface area contributed by atoms with Crippen LogP contribution in [-0.2, 0) is 6.42 Å². The molecule has 0 aliphatic heterocycles. The van der Waals surface area contributed by atoms with E-state index < -0.39 is 5.82 Å². The first-order chi connectivity index (χ1) is 7.11. The molecule has 0 saturated carbocycles. The van der Waals surface area contributed by atoms with Gasteiger partial charge in [0.25, 0.3) is 5.56 Å². The third-order valence-electron chi connectivity index (χ3n) is 2.34. The molecule has 0 aliphatic rings. The Balaban J connectivity index is 2.82. The van der Waals surface area contributed by atoms with Crippen molar-refractivity contribution in [1.29, 1.82) is 0 Å². The van der Waals surface area contributed by atoms with Gasteiger partial charge in [-0.15, -0.1) is 0 Å². The number of pyridine rings is 1. The number of benzene rings is 1. The van der Waals surface area contributed by atoms with Crippen molar-refractivity contribution >= 4 is 22.5 Å². The van der Waals surface area contributed by atoms with E-state index >= 15 is 0 Å². The van der Waals surface area contributed by atoms with Crippen LogP contribution >= 0.6 is 11.6 Å². The van der Waals surface area contributed by atoms with Crippen molar-refractivity contribution in [2.24, 2.45) is 0 Å². The van der Waals surface area contributed by atoms with Crippen LogP contribution in [0.25, 0.3) is 10.9 Å². The van der Waals surface area contributed by atoms with Gasteiger partial charge in [0, 0.05) is 10.9 Å². The van der Waals surface area contributed by atoms with Gasteiger partial charge in [-0.1, -0.05) is 18.5 Å². The average Bonchev–Trinajstić information content (AvgIpc) is 2.20. The molecule has 2 nitrogen and oxygen atoms in total. The number of nitrogens with one attached hydrogen (secondary N) is 1. The zero-order valence-electron chi connectivity index (χ0n) is 8.10. The highest BCUT2D eigenvalue weighted by molar-refractivity contribution is 6.31. The minimum Gasteiger partial charge on any atom is -0.322 e. The Morgan fingerprint density at radius 3 is 2.80 bits per heavy atom. The number of rotatable bonds is 1. The van der Waals surface area contributed by atoms with E-state index in [1.807, 2.05) is 6.92 Å². The smallest absolute Gasteiger partial charge is 0.251 e.